The number of nitrogen functional groups attached to an aromatic ring is 1. The molecule has 0 saturated carbocycles. The third kappa shape index (κ3) is 2.24. The second-order valence-electron chi connectivity index (χ2n) is 4.07. The first-order valence-electron chi connectivity index (χ1n) is 5.03. The van der Waals surface area contributed by atoms with Crippen LogP contribution in [-0.2, 0) is 6.54 Å². The molecular formula is C11H14F2N2O. The zero-order valence-electron chi connectivity index (χ0n) is 9.04. The third-order valence-corrected chi connectivity index (χ3v) is 2.61. The molecule has 0 bridgehead atoms. The van der Waals surface area contributed by atoms with Crippen LogP contribution >= 0.6 is 0 Å². The molecule has 3 nitrogen and oxygen atoms in total. The Morgan fingerprint density at radius 2 is 2.12 bits per heavy atom. The normalized spacial score (nSPS) is 19.2. The van der Waals surface area contributed by atoms with Gasteiger partial charge in [-0.2, -0.15) is 0 Å². The lowest BCUT2D eigenvalue weighted by molar-refractivity contribution is -0.134. The lowest BCUT2D eigenvalue weighted by Crippen LogP contribution is -2.55. The molecule has 88 valence electrons. The Morgan fingerprint density at radius 3 is 2.69 bits per heavy atom. The number of methoxy groups -OCH3 is 1. The number of rotatable bonds is 3. The SMILES string of the molecule is COc1ccc(N)cc1CN1CC(F)(F)C1. The highest BCUT2D eigenvalue weighted by Crippen LogP contribution is 2.30. The molecule has 1 aliphatic rings. The van der Waals surface area contributed by atoms with Crippen LogP contribution in [0.5, 0.6) is 5.75 Å². The van der Waals surface area contributed by atoms with E-state index in [0.29, 0.717) is 18.0 Å². The van der Waals surface area contributed by atoms with Crippen LogP contribution in [0, 0.1) is 0 Å². The quantitative estimate of drug-likeness (QED) is 0.801. The van der Waals surface area contributed by atoms with Gasteiger partial charge in [-0.15, -0.1) is 0 Å². The number of alkyl halides is 2. The summed E-state index contributed by atoms with van der Waals surface area (Å²) >= 11 is 0. The largest absolute Gasteiger partial charge is 0.496 e. The van der Waals surface area contributed by atoms with Crippen molar-refractivity contribution in [1.29, 1.82) is 0 Å². The van der Waals surface area contributed by atoms with Gasteiger partial charge in [0.1, 0.15) is 5.75 Å². The average Bonchev–Trinajstić information content (AvgIpc) is 2.15. The molecule has 0 spiro atoms. The molecule has 0 aliphatic carbocycles. The van der Waals surface area contributed by atoms with Gasteiger partial charge in [0.15, 0.2) is 0 Å². The van der Waals surface area contributed by atoms with Crippen molar-refractivity contribution in [1.82, 2.24) is 4.90 Å². The Bertz CT molecular complexity index is 388. The van der Waals surface area contributed by atoms with E-state index in [2.05, 4.69) is 0 Å². The van der Waals surface area contributed by atoms with Crippen molar-refractivity contribution in [3.05, 3.63) is 23.8 Å². The standard InChI is InChI=1S/C11H14F2N2O/c1-16-10-3-2-9(14)4-8(10)5-15-6-11(12,13)7-15/h2-4H,5-7,14H2,1H3. The number of nitrogens with two attached hydrogens (primary N) is 1. The summed E-state index contributed by atoms with van der Waals surface area (Å²) in [6, 6.07) is 5.24. The van der Waals surface area contributed by atoms with Gasteiger partial charge in [0.2, 0.25) is 0 Å². The summed E-state index contributed by atoms with van der Waals surface area (Å²) in [7, 11) is 1.56. The molecular weight excluding hydrogens is 214 g/mol. The number of hydrogen-bond acceptors (Lipinski definition) is 3. The van der Waals surface area contributed by atoms with E-state index >= 15 is 0 Å². The van der Waals surface area contributed by atoms with Gasteiger partial charge < -0.3 is 10.5 Å². The van der Waals surface area contributed by atoms with Crippen molar-refractivity contribution in [2.75, 3.05) is 25.9 Å². The molecule has 16 heavy (non-hydrogen) atoms. The highest BCUT2D eigenvalue weighted by atomic mass is 19.3. The van der Waals surface area contributed by atoms with Gasteiger partial charge >= 0.3 is 0 Å². The van der Waals surface area contributed by atoms with E-state index in [1.165, 1.54) is 0 Å². The topological polar surface area (TPSA) is 38.5 Å². The molecule has 5 heteroatoms. The zero-order chi connectivity index (χ0) is 11.8. The van der Waals surface area contributed by atoms with Gasteiger partial charge in [0.05, 0.1) is 20.2 Å². The molecule has 1 aliphatic heterocycles. The fourth-order valence-electron chi connectivity index (χ4n) is 1.88. The minimum atomic E-state index is -2.53. The number of anilines is 1. The van der Waals surface area contributed by atoms with Crippen LogP contribution in [0.2, 0.25) is 0 Å². The summed E-state index contributed by atoms with van der Waals surface area (Å²) in [6.45, 7) is 0.0692. The van der Waals surface area contributed by atoms with Crippen LogP contribution in [0.1, 0.15) is 5.56 Å². The average molecular weight is 228 g/mol. The lowest BCUT2D eigenvalue weighted by Gasteiger charge is -2.38. The second-order valence-corrected chi connectivity index (χ2v) is 4.07. The van der Waals surface area contributed by atoms with Gasteiger partial charge in [0.25, 0.3) is 5.92 Å². The highest BCUT2D eigenvalue weighted by molar-refractivity contribution is 5.47. The number of halogens is 2. The molecule has 0 aromatic heterocycles. The van der Waals surface area contributed by atoms with Gasteiger partial charge in [-0.05, 0) is 18.2 Å². The van der Waals surface area contributed by atoms with Gasteiger partial charge in [-0.25, -0.2) is 8.78 Å². The molecule has 1 saturated heterocycles. The smallest absolute Gasteiger partial charge is 0.272 e. The predicted octanol–water partition coefficient (Wildman–Crippen LogP) is 1.73. The first kappa shape index (κ1) is 11.1. The molecule has 1 fully saturated rings. The molecule has 0 unspecified atom stereocenters. The molecule has 2 rings (SSSR count). The van der Waals surface area contributed by atoms with Crippen molar-refractivity contribution in [2.45, 2.75) is 12.5 Å². The van der Waals surface area contributed by atoms with Crippen LogP contribution in [-0.4, -0.2) is 31.0 Å². The van der Waals surface area contributed by atoms with E-state index in [-0.39, 0.29) is 13.1 Å². The molecule has 0 amide bonds. The first-order valence-corrected chi connectivity index (χ1v) is 5.03. The fraction of sp³-hybridized carbons (Fsp3) is 0.455. The predicted molar refractivity (Wildman–Crippen MR) is 57.6 cm³/mol. The number of likely N-dealkylation sites (tertiary alicyclic amines) is 1. The van der Waals surface area contributed by atoms with Gasteiger partial charge in [0, 0.05) is 17.8 Å². The Balaban J connectivity index is 2.06. The lowest BCUT2D eigenvalue weighted by atomic mass is 10.1. The summed E-state index contributed by atoms with van der Waals surface area (Å²) in [6.07, 6.45) is 0. The van der Waals surface area contributed by atoms with E-state index in [0.717, 1.165) is 5.56 Å². The number of ether oxygens (including phenoxy) is 1. The number of benzene rings is 1. The maximum absolute atomic E-state index is 12.7. The van der Waals surface area contributed by atoms with Crippen LogP contribution in [0.15, 0.2) is 18.2 Å². The fourth-order valence-corrected chi connectivity index (χ4v) is 1.88. The Kier molecular flexibility index (Phi) is 2.71. The van der Waals surface area contributed by atoms with Crippen molar-refractivity contribution in [3.63, 3.8) is 0 Å². The molecule has 2 N–H and O–H groups in total. The molecule has 0 radical (unpaired) electrons. The Morgan fingerprint density at radius 1 is 1.44 bits per heavy atom. The second kappa shape index (κ2) is 3.90. The minimum absolute atomic E-state index is 0.190. The molecule has 1 heterocycles. The summed E-state index contributed by atoms with van der Waals surface area (Å²) in [5, 5.41) is 0. The summed E-state index contributed by atoms with van der Waals surface area (Å²) in [5.74, 6) is -1.85. The minimum Gasteiger partial charge on any atom is -0.496 e. The third-order valence-electron chi connectivity index (χ3n) is 2.61. The van der Waals surface area contributed by atoms with E-state index in [9.17, 15) is 8.78 Å². The zero-order valence-corrected chi connectivity index (χ0v) is 9.04. The Labute approximate surface area is 92.8 Å². The maximum atomic E-state index is 12.7. The molecule has 0 atom stereocenters. The van der Waals surface area contributed by atoms with Crippen LogP contribution in [0.4, 0.5) is 14.5 Å². The van der Waals surface area contributed by atoms with E-state index < -0.39 is 5.92 Å². The van der Waals surface area contributed by atoms with Gasteiger partial charge in [-0.1, -0.05) is 0 Å². The number of hydrogen-bond donors (Lipinski definition) is 1. The molecule has 1 aromatic carbocycles. The van der Waals surface area contributed by atoms with Crippen LogP contribution in [0.25, 0.3) is 0 Å². The van der Waals surface area contributed by atoms with E-state index in [1.54, 1.807) is 30.2 Å². The van der Waals surface area contributed by atoms with Crippen molar-refractivity contribution in [3.8, 4) is 5.75 Å². The number of nitrogens with zero attached hydrogens (tertiary/aromatic N) is 1. The Hall–Kier alpha value is -1.36. The molecule has 1 aromatic rings. The van der Waals surface area contributed by atoms with Crippen LogP contribution < -0.4 is 10.5 Å². The maximum Gasteiger partial charge on any atom is 0.272 e. The van der Waals surface area contributed by atoms with E-state index in [1.807, 2.05) is 0 Å². The highest BCUT2D eigenvalue weighted by Gasteiger charge is 2.43. The monoisotopic (exact) mass is 228 g/mol. The van der Waals surface area contributed by atoms with E-state index in [4.69, 9.17) is 10.5 Å². The van der Waals surface area contributed by atoms with Crippen molar-refractivity contribution < 1.29 is 13.5 Å². The summed E-state index contributed by atoms with van der Waals surface area (Å²) in [5.41, 5.74) is 7.11. The van der Waals surface area contributed by atoms with Crippen LogP contribution in [0.3, 0.4) is 0 Å². The van der Waals surface area contributed by atoms with Crippen molar-refractivity contribution >= 4 is 5.69 Å². The summed E-state index contributed by atoms with van der Waals surface area (Å²) in [4.78, 5) is 1.66. The van der Waals surface area contributed by atoms with Crippen molar-refractivity contribution in [2.24, 2.45) is 0 Å². The summed E-state index contributed by atoms with van der Waals surface area (Å²) < 4.78 is 30.5. The van der Waals surface area contributed by atoms with Gasteiger partial charge in [-0.3, -0.25) is 4.90 Å². The first-order chi connectivity index (χ1) is 7.50.